The van der Waals surface area contributed by atoms with Gasteiger partial charge in [0, 0.05) is 17.1 Å². The molecule has 0 aliphatic carbocycles. The Bertz CT molecular complexity index is 1350. The van der Waals surface area contributed by atoms with E-state index >= 15 is 0 Å². The summed E-state index contributed by atoms with van der Waals surface area (Å²) in [7, 11) is -4.24. The van der Waals surface area contributed by atoms with Crippen LogP contribution >= 0.6 is 23.4 Å². The SMILES string of the molecule is O=C(CC1SC(=NS(=O)(=O)c2ccc(F)cc2)N(c2ccccc2)C1=O)Nc1ccc(Cl)cc1. The first-order valence-corrected chi connectivity index (χ1v) is 12.6. The van der Waals surface area contributed by atoms with Crippen LogP contribution < -0.4 is 10.2 Å². The minimum absolute atomic E-state index is 0.0928. The zero-order chi connectivity index (χ0) is 24.3. The van der Waals surface area contributed by atoms with E-state index in [1.165, 1.54) is 4.90 Å². The molecule has 1 aliphatic rings. The zero-order valence-corrected chi connectivity index (χ0v) is 19.8. The van der Waals surface area contributed by atoms with Crippen molar-refractivity contribution in [2.24, 2.45) is 4.40 Å². The predicted octanol–water partition coefficient (Wildman–Crippen LogP) is 4.70. The molecule has 2 amide bonds. The maximum absolute atomic E-state index is 13.2. The van der Waals surface area contributed by atoms with E-state index in [9.17, 15) is 22.4 Å². The van der Waals surface area contributed by atoms with Crippen molar-refractivity contribution < 1.29 is 22.4 Å². The number of sulfonamides is 1. The van der Waals surface area contributed by atoms with E-state index in [1.54, 1.807) is 54.6 Å². The summed E-state index contributed by atoms with van der Waals surface area (Å²) in [6.45, 7) is 0. The Hall–Kier alpha value is -3.21. The Labute approximate surface area is 204 Å². The first-order chi connectivity index (χ1) is 16.2. The van der Waals surface area contributed by atoms with Crippen LogP contribution in [0.5, 0.6) is 0 Å². The average Bonchev–Trinajstić information content (AvgIpc) is 3.10. The third-order valence-electron chi connectivity index (χ3n) is 4.76. The molecule has 0 aromatic heterocycles. The minimum atomic E-state index is -4.24. The molecule has 174 valence electrons. The minimum Gasteiger partial charge on any atom is -0.326 e. The van der Waals surface area contributed by atoms with Gasteiger partial charge in [0.05, 0.1) is 10.6 Å². The number of carbonyl (C=O) groups excluding carboxylic acids is 2. The molecule has 0 saturated carbocycles. The van der Waals surface area contributed by atoms with Crippen molar-refractivity contribution in [1.82, 2.24) is 0 Å². The molecule has 1 aliphatic heterocycles. The molecule has 1 saturated heterocycles. The van der Waals surface area contributed by atoms with E-state index in [1.807, 2.05) is 0 Å². The van der Waals surface area contributed by atoms with Crippen LogP contribution in [-0.2, 0) is 19.6 Å². The lowest BCUT2D eigenvalue weighted by molar-refractivity contribution is -0.121. The van der Waals surface area contributed by atoms with Gasteiger partial charge in [0.1, 0.15) is 11.1 Å². The lowest BCUT2D eigenvalue weighted by Crippen LogP contribution is -2.33. The molecule has 1 heterocycles. The predicted molar refractivity (Wildman–Crippen MR) is 131 cm³/mol. The van der Waals surface area contributed by atoms with E-state index in [0.717, 1.165) is 36.0 Å². The third kappa shape index (κ3) is 5.46. The zero-order valence-electron chi connectivity index (χ0n) is 17.4. The summed E-state index contributed by atoms with van der Waals surface area (Å²) in [5, 5.41) is 2.22. The number of halogens is 2. The summed E-state index contributed by atoms with van der Waals surface area (Å²) >= 11 is 6.73. The van der Waals surface area contributed by atoms with Gasteiger partial charge in [-0.15, -0.1) is 4.40 Å². The molecule has 34 heavy (non-hydrogen) atoms. The number of amidine groups is 1. The molecule has 1 atom stereocenters. The average molecular weight is 518 g/mol. The summed E-state index contributed by atoms with van der Waals surface area (Å²) in [6, 6.07) is 19.1. The molecule has 7 nitrogen and oxygen atoms in total. The molecular weight excluding hydrogens is 501 g/mol. The first kappa shape index (κ1) is 23.9. The molecular formula is C23H17ClFN3O4S2. The Balaban J connectivity index is 1.61. The van der Waals surface area contributed by atoms with E-state index in [0.29, 0.717) is 16.4 Å². The molecule has 0 radical (unpaired) electrons. The van der Waals surface area contributed by atoms with Gasteiger partial charge in [-0.3, -0.25) is 14.5 Å². The number of amides is 2. The molecule has 3 aromatic rings. The van der Waals surface area contributed by atoms with Crippen molar-refractivity contribution in [3.63, 3.8) is 0 Å². The lowest BCUT2D eigenvalue weighted by Gasteiger charge is -2.16. The maximum Gasteiger partial charge on any atom is 0.284 e. The lowest BCUT2D eigenvalue weighted by atomic mass is 10.2. The van der Waals surface area contributed by atoms with Gasteiger partial charge in [-0.1, -0.05) is 41.6 Å². The highest BCUT2D eigenvalue weighted by molar-refractivity contribution is 8.16. The number of rotatable bonds is 6. The molecule has 11 heteroatoms. The van der Waals surface area contributed by atoms with Gasteiger partial charge >= 0.3 is 0 Å². The van der Waals surface area contributed by atoms with Gasteiger partial charge in [0.15, 0.2) is 5.17 Å². The van der Waals surface area contributed by atoms with Crippen LogP contribution in [0.1, 0.15) is 6.42 Å². The van der Waals surface area contributed by atoms with Gasteiger partial charge in [-0.25, -0.2) is 4.39 Å². The number of thioether (sulfide) groups is 1. The van der Waals surface area contributed by atoms with Crippen molar-refractivity contribution in [1.29, 1.82) is 0 Å². The number of hydrogen-bond donors (Lipinski definition) is 1. The fourth-order valence-electron chi connectivity index (χ4n) is 3.15. The van der Waals surface area contributed by atoms with Crippen LogP contribution in [0.25, 0.3) is 0 Å². The number of benzene rings is 3. The monoisotopic (exact) mass is 517 g/mol. The highest BCUT2D eigenvalue weighted by Gasteiger charge is 2.41. The van der Waals surface area contributed by atoms with E-state index in [-0.39, 0.29) is 16.5 Å². The maximum atomic E-state index is 13.2. The van der Waals surface area contributed by atoms with Gasteiger partial charge in [-0.05, 0) is 60.7 Å². The summed E-state index contributed by atoms with van der Waals surface area (Å²) < 4.78 is 42.7. The highest BCUT2D eigenvalue weighted by Crippen LogP contribution is 2.35. The Kier molecular flexibility index (Phi) is 7.01. The molecule has 3 aromatic carbocycles. The topological polar surface area (TPSA) is 95.9 Å². The van der Waals surface area contributed by atoms with Crippen LogP contribution in [-0.4, -0.2) is 30.6 Å². The number of carbonyl (C=O) groups is 2. The largest absolute Gasteiger partial charge is 0.326 e. The number of anilines is 2. The summed E-state index contributed by atoms with van der Waals surface area (Å²) in [5.41, 5.74) is 0.922. The molecule has 4 rings (SSSR count). The van der Waals surface area contributed by atoms with Gasteiger partial charge in [-0.2, -0.15) is 8.42 Å². The molecule has 1 fully saturated rings. The summed E-state index contributed by atoms with van der Waals surface area (Å²) in [4.78, 5) is 26.7. The second kappa shape index (κ2) is 9.96. The smallest absolute Gasteiger partial charge is 0.284 e. The third-order valence-corrected chi connectivity index (χ3v) is 7.54. The van der Waals surface area contributed by atoms with Crippen LogP contribution in [0.2, 0.25) is 5.02 Å². The van der Waals surface area contributed by atoms with Crippen molar-refractivity contribution in [3.8, 4) is 0 Å². The normalized spacial score (nSPS) is 17.2. The number of nitrogens with zero attached hydrogens (tertiary/aromatic N) is 2. The van der Waals surface area contributed by atoms with E-state index in [2.05, 4.69) is 9.71 Å². The number of para-hydroxylation sites is 1. The van der Waals surface area contributed by atoms with Crippen molar-refractivity contribution in [3.05, 3.63) is 89.7 Å². The fourth-order valence-corrected chi connectivity index (χ4v) is 5.61. The summed E-state index contributed by atoms with van der Waals surface area (Å²) in [6.07, 6.45) is -0.203. The van der Waals surface area contributed by atoms with Gasteiger partial charge in [0.2, 0.25) is 11.8 Å². The molecule has 0 bridgehead atoms. The highest BCUT2D eigenvalue weighted by atomic mass is 35.5. The van der Waals surface area contributed by atoms with Crippen LogP contribution in [0, 0.1) is 5.82 Å². The fraction of sp³-hybridized carbons (Fsp3) is 0.0870. The van der Waals surface area contributed by atoms with Gasteiger partial charge < -0.3 is 5.32 Å². The molecule has 1 unspecified atom stereocenters. The second-order valence-corrected chi connectivity index (χ2v) is 10.4. The van der Waals surface area contributed by atoms with Crippen molar-refractivity contribution in [2.75, 3.05) is 10.2 Å². The van der Waals surface area contributed by atoms with Crippen LogP contribution in [0.4, 0.5) is 15.8 Å². The van der Waals surface area contributed by atoms with Crippen LogP contribution in [0.15, 0.2) is 88.2 Å². The Morgan fingerprint density at radius 3 is 2.32 bits per heavy atom. The summed E-state index contributed by atoms with van der Waals surface area (Å²) in [5.74, 6) is -1.49. The first-order valence-electron chi connectivity index (χ1n) is 9.94. The quantitative estimate of drug-likeness (QED) is 0.511. The van der Waals surface area contributed by atoms with E-state index < -0.39 is 32.9 Å². The van der Waals surface area contributed by atoms with Crippen molar-refractivity contribution in [2.45, 2.75) is 16.6 Å². The standard InChI is InChI=1S/C23H17ClFN3O4S2/c24-15-6-10-17(11-7-15)26-21(29)14-20-22(30)28(18-4-2-1-3-5-18)23(33-20)27-34(31,32)19-12-8-16(25)9-13-19/h1-13,20H,14H2,(H,26,29). The van der Waals surface area contributed by atoms with Crippen molar-refractivity contribution >= 4 is 61.7 Å². The Morgan fingerprint density at radius 1 is 1.03 bits per heavy atom. The Morgan fingerprint density at radius 2 is 1.68 bits per heavy atom. The molecule has 0 spiro atoms. The second-order valence-electron chi connectivity index (χ2n) is 7.18. The van der Waals surface area contributed by atoms with Gasteiger partial charge in [0.25, 0.3) is 10.0 Å². The molecule has 1 N–H and O–H groups in total. The van der Waals surface area contributed by atoms with Crippen LogP contribution in [0.3, 0.4) is 0 Å². The number of hydrogen-bond acceptors (Lipinski definition) is 5. The van der Waals surface area contributed by atoms with E-state index in [4.69, 9.17) is 11.6 Å². The number of nitrogens with one attached hydrogen (secondary N) is 1.